The van der Waals surface area contributed by atoms with Crippen molar-refractivity contribution in [1.82, 2.24) is 30.4 Å². The van der Waals surface area contributed by atoms with Crippen LogP contribution in [0.5, 0.6) is 5.75 Å². The molecule has 0 saturated carbocycles. The summed E-state index contributed by atoms with van der Waals surface area (Å²) in [7, 11) is 3.62. The highest BCUT2D eigenvalue weighted by atomic mass is 127. The predicted octanol–water partition coefficient (Wildman–Crippen LogP) is 3.30. The summed E-state index contributed by atoms with van der Waals surface area (Å²) in [6, 6.07) is 7.93. The molecule has 0 amide bonds. The average molecular weight is 555 g/mol. The van der Waals surface area contributed by atoms with E-state index in [0.29, 0.717) is 13.1 Å². The lowest BCUT2D eigenvalue weighted by Crippen LogP contribution is -2.38. The Labute approximate surface area is 204 Å². The van der Waals surface area contributed by atoms with Crippen LogP contribution >= 0.6 is 35.3 Å². The quantitative estimate of drug-likeness (QED) is 0.252. The van der Waals surface area contributed by atoms with Gasteiger partial charge in [0.05, 0.1) is 30.9 Å². The second-order valence-electron chi connectivity index (χ2n) is 7.01. The Morgan fingerprint density at radius 1 is 1.13 bits per heavy atom. The highest BCUT2D eigenvalue weighted by Crippen LogP contribution is 2.16. The van der Waals surface area contributed by atoms with E-state index < -0.39 is 0 Å². The van der Waals surface area contributed by atoms with E-state index in [1.165, 1.54) is 4.88 Å². The van der Waals surface area contributed by atoms with Gasteiger partial charge in [0.15, 0.2) is 11.8 Å². The number of guanidine groups is 1. The Balaban J connectivity index is 0.00000341. The number of thiazole rings is 1. The first-order chi connectivity index (χ1) is 14.5. The number of aryl methyl sites for hydroxylation is 3. The number of nitrogens with zero attached hydrogens (tertiary/aromatic N) is 5. The van der Waals surface area contributed by atoms with Crippen molar-refractivity contribution in [3.8, 4) is 5.75 Å². The molecule has 0 aliphatic rings. The number of aliphatic imine (C=N–C) groups is 1. The Morgan fingerprint density at radius 2 is 1.87 bits per heavy atom. The molecule has 8 nitrogen and oxygen atoms in total. The van der Waals surface area contributed by atoms with Crippen LogP contribution in [0.1, 0.15) is 32.8 Å². The number of nitrogens with one attached hydrogen (secondary N) is 2. The summed E-state index contributed by atoms with van der Waals surface area (Å²) >= 11 is 1.75. The number of aromatic nitrogens is 4. The zero-order valence-electron chi connectivity index (χ0n) is 18.6. The van der Waals surface area contributed by atoms with Gasteiger partial charge in [0.2, 0.25) is 0 Å². The number of benzene rings is 1. The third-order valence-corrected chi connectivity index (χ3v) is 6.01. The molecule has 0 unspecified atom stereocenters. The van der Waals surface area contributed by atoms with Crippen LogP contribution in [0.3, 0.4) is 0 Å². The fourth-order valence-electron chi connectivity index (χ4n) is 2.78. The number of hydrogen-bond donors (Lipinski definition) is 2. The maximum absolute atomic E-state index is 5.22. The number of ether oxygens (including phenoxy) is 1. The van der Waals surface area contributed by atoms with Crippen molar-refractivity contribution in [3.63, 3.8) is 0 Å². The summed E-state index contributed by atoms with van der Waals surface area (Å²) < 4.78 is 7.19. The van der Waals surface area contributed by atoms with E-state index in [4.69, 9.17) is 9.73 Å². The zero-order valence-corrected chi connectivity index (χ0v) is 21.7. The molecule has 3 aromatic rings. The lowest BCUT2D eigenvalue weighted by molar-refractivity contribution is 0.414. The number of methoxy groups -OCH3 is 1. The molecule has 3 rings (SSSR count). The van der Waals surface area contributed by atoms with E-state index in [2.05, 4.69) is 39.7 Å². The van der Waals surface area contributed by atoms with Crippen LogP contribution in [0.2, 0.25) is 0 Å². The zero-order chi connectivity index (χ0) is 21.5. The van der Waals surface area contributed by atoms with Crippen LogP contribution in [-0.2, 0) is 26.6 Å². The molecule has 0 aliphatic carbocycles. The third-order valence-electron chi connectivity index (χ3n) is 4.88. The van der Waals surface area contributed by atoms with Gasteiger partial charge in [0.25, 0.3) is 0 Å². The van der Waals surface area contributed by atoms with Gasteiger partial charge in [0, 0.05) is 24.9 Å². The highest BCUT2D eigenvalue weighted by Gasteiger charge is 2.08. The smallest absolute Gasteiger partial charge is 0.191 e. The summed E-state index contributed by atoms with van der Waals surface area (Å²) in [5, 5.41) is 16.2. The van der Waals surface area contributed by atoms with Gasteiger partial charge in [-0.25, -0.2) is 9.98 Å². The van der Waals surface area contributed by atoms with Gasteiger partial charge in [-0.05, 0) is 38.5 Å². The predicted molar refractivity (Wildman–Crippen MR) is 135 cm³/mol. The van der Waals surface area contributed by atoms with Gasteiger partial charge >= 0.3 is 0 Å². The highest BCUT2D eigenvalue weighted by molar-refractivity contribution is 14.0. The van der Waals surface area contributed by atoms with Crippen LogP contribution in [0.25, 0.3) is 0 Å². The van der Waals surface area contributed by atoms with E-state index in [0.717, 1.165) is 52.6 Å². The first kappa shape index (κ1) is 25.1. The second kappa shape index (κ2) is 12.0. The molecule has 0 spiro atoms. The van der Waals surface area contributed by atoms with Gasteiger partial charge in [-0.1, -0.05) is 12.1 Å². The summed E-state index contributed by atoms with van der Waals surface area (Å²) in [5.41, 5.74) is 2.22. The van der Waals surface area contributed by atoms with Crippen molar-refractivity contribution in [1.29, 1.82) is 0 Å². The van der Waals surface area contributed by atoms with E-state index in [1.54, 1.807) is 18.4 Å². The second-order valence-corrected chi connectivity index (χ2v) is 8.30. The van der Waals surface area contributed by atoms with Gasteiger partial charge < -0.3 is 19.9 Å². The van der Waals surface area contributed by atoms with Crippen molar-refractivity contribution in [2.45, 2.75) is 40.3 Å². The lowest BCUT2D eigenvalue weighted by atomic mass is 10.2. The van der Waals surface area contributed by atoms with E-state index in [1.807, 2.05) is 42.8 Å². The first-order valence-electron chi connectivity index (χ1n) is 9.89. The van der Waals surface area contributed by atoms with Crippen LogP contribution < -0.4 is 15.4 Å². The molecular weight excluding hydrogens is 525 g/mol. The molecule has 2 heterocycles. The van der Waals surface area contributed by atoms with Gasteiger partial charge in [0.1, 0.15) is 11.6 Å². The molecule has 0 saturated heterocycles. The van der Waals surface area contributed by atoms with Gasteiger partial charge in [-0.15, -0.1) is 45.5 Å². The minimum absolute atomic E-state index is 0. The van der Waals surface area contributed by atoms with Crippen LogP contribution in [0.15, 0.2) is 29.3 Å². The van der Waals surface area contributed by atoms with Crippen molar-refractivity contribution >= 4 is 41.3 Å². The van der Waals surface area contributed by atoms with Crippen molar-refractivity contribution in [3.05, 3.63) is 57.1 Å². The molecule has 0 bridgehead atoms. The van der Waals surface area contributed by atoms with E-state index in [-0.39, 0.29) is 24.0 Å². The molecule has 0 fully saturated rings. The summed E-state index contributed by atoms with van der Waals surface area (Å²) in [6.07, 6.45) is 0.853. The molecule has 1 aromatic carbocycles. The molecule has 0 aliphatic heterocycles. The Bertz CT molecular complexity index is 978. The summed E-state index contributed by atoms with van der Waals surface area (Å²) in [6.45, 7) is 7.95. The fourth-order valence-corrected chi connectivity index (χ4v) is 3.71. The number of hydrogen-bond acceptors (Lipinski definition) is 6. The lowest BCUT2D eigenvalue weighted by Gasteiger charge is -2.12. The minimum Gasteiger partial charge on any atom is -0.497 e. The largest absolute Gasteiger partial charge is 0.497 e. The minimum atomic E-state index is 0. The molecular formula is C21H30IN7OS. The normalized spacial score (nSPS) is 11.2. The SMILES string of the molecule is COc1ccc(CN=C(NCCc2nc(C)c(C)s2)NCc2nnc(C)n2C)cc1.I. The Morgan fingerprint density at radius 3 is 2.45 bits per heavy atom. The molecule has 168 valence electrons. The average Bonchev–Trinajstić information content (AvgIpc) is 3.24. The van der Waals surface area contributed by atoms with Crippen molar-refractivity contribution in [2.75, 3.05) is 13.7 Å². The monoisotopic (exact) mass is 555 g/mol. The van der Waals surface area contributed by atoms with Gasteiger partial charge in [-0.3, -0.25) is 0 Å². The van der Waals surface area contributed by atoms with Crippen molar-refractivity contribution < 1.29 is 4.74 Å². The third kappa shape index (κ3) is 7.17. The van der Waals surface area contributed by atoms with E-state index >= 15 is 0 Å². The Kier molecular flexibility index (Phi) is 9.69. The Hall–Kier alpha value is -2.21. The summed E-state index contributed by atoms with van der Waals surface area (Å²) in [4.78, 5) is 10.6. The van der Waals surface area contributed by atoms with Crippen LogP contribution in [-0.4, -0.2) is 39.4 Å². The molecule has 2 N–H and O–H groups in total. The maximum Gasteiger partial charge on any atom is 0.191 e. The van der Waals surface area contributed by atoms with Crippen LogP contribution in [0.4, 0.5) is 0 Å². The molecule has 2 aromatic heterocycles. The molecule has 31 heavy (non-hydrogen) atoms. The first-order valence-corrected chi connectivity index (χ1v) is 10.7. The topological polar surface area (TPSA) is 89.2 Å². The van der Waals surface area contributed by atoms with Gasteiger partial charge in [-0.2, -0.15) is 0 Å². The maximum atomic E-state index is 5.22. The standard InChI is InChI=1S/C21H29N7OS.HI/c1-14-15(2)30-20(25-14)10-11-22-21(24-13-19-27-26-16(3)28(19)4)23-12-17-6-8-18(29-5)9-7-17;/h6-9H,10-13H2,1-5H3,(H2,22,23,24);1H. The van der Waals surface area contributed by atoms with E-state index in [9.17, 15) is 0 Å². The molecule has 10 heteroatoms. The number of rotatable bonds is 8. The van der Waals surface area contributed by atoms with Crippen molar-refractivity contribution in [2.24, 2.45) is 12.0 Å². The summed E-state index contributed by atoms with van der Waals surface area (Å²) in [5.74, 6) is 3.31. The number of halogens is 1. The fraction of sp³-hybridized carbons (Fsp3) is 0.429. The molecule has 0 atom stereocenters. The molecule has 0 radical (unpaired) electrons. The van der Waals surface area contributed by atoms with Crippen LogP contribution in [0, 0.1) is 20.8 Å².